The van der Waals surface area contributed by atoms with Crippen molar-refractivity contribution in [3.05, 3.63) is 70.4 Å². The molecule has 1 heterocycles. The third kappa shape index (κ3) is 2.99. The number of nitrogens with zero attached hydrogens (tertiary/aromatic N) is 3. The number of fused-ring (bicyclic) bond motifs is 1. The number of imidazole rings is 1. The molecule has 27 heavy (non-hydrogen) atoms. The van der Waals surface area contributed by atoms with Gasteiger partial charge in [0.25, 0.3) is 0 Å². The SMILES string of the molecule is Cc1ccc(-c2cn(/N=C3\CCc4c(C(=N)N)cccc43)c(N)n2)cc1C. The summed E-state index contributed by atoms with van der Waals surface area (Å²) in [5, 5.41) is 12.5. The first-order valence-corrected chi connectivity index (χ1v) is 8.91. The van der Waals surface area contributed by atoms with Crippen LogP contribution in [0.25, 0.3) is 11.3 Å². The van der Waals surface area contributed by atoms with Gasteiger partial charge in [-0.15, -0.1) is 0 Å². The molecule has 3 aromatic rings. The lowest BCUT2D eigenvalue weighted by Gasteiger charge is -2.06. The monoisotopic (exact) mass is 358 g/mol. The largest absolute Gasteiger partial charge is 0.384 e. The molecular weight excluding hydrogens is 336 g/mol. The van der Waals surface area contributed by atoms with Gasteiger partial charge in [0.2, 0.25) is 5.95 Å². The molecule has 1 aromatic heterocycles. The van der Waals surface area contributed by atoms with Crippen LogP contribution in [0.3, 0.4) is 0 Å². The van der Waals surface area contributed by atoms with E-state index in [1.54, 1.807) is 4.68 Å². The number of hydrogen-bond acceptors (Lipinski definition) is 4. The van der Waals surface area contributed by atoms with Crippen LogP contribution in [0.4, 0.5) is 5.95 Å². The van der Waals surface area contributed by atoms with Gasteiger partial charge in [0.15, 0.2) is 0 Å². The molecular formula is C21H22N6. The van der Waals surface area contributed by atoms with Crippen LogP contribution in [-0.4, -0.2) is 21.2 Å². The van der Waals surface area contributed by atoms with Crippen LogP contribution in [-0.2, 0) is 6.42 Å². The highest BCUT2D eigenvalue weighted by molar-refractivity contribution is 6.08. The summed E-state index contributed by atoms with van der Waals surface area (Å²) in [6.45, 7) is 4.17. The number of nitrogen functional groups attached to an aromatic ring is 2. The van der Waals surface area contributed by atoms with E-state index in [9.17, 15) is 0 Å². The highest BCUT2D eigenvalue weighted by atomic mass is 15.4. The summed E-state index contributed by atoms with van der Waals surface area (Å²) in [4.78, 5) is 4.48. The lowest BCUT2D eigenvalue weighted by molar-refractivity contribution is 0.883. The van der Waals surface area contributed by atoms with Crippen LogP contribution in [0.2, 0.25) is 0 Å². The number of anilines is 1. The van der Waals surface area contributed by atoms with Crippen LogP contribution in [0.5, 0.6) is 0 Å². The molecule has 2 aromatic carbocycles. The van der Waals surface area contributed by atoms with Crippen molar-refractivity contribution in [3.8, 4) is 11.3 Å². The van der Waals surface area contributed by atoms with Crippen LogP contribution in [0, 0.1) is 19.3 Å². The maximum atomic E-state index is 7.76. The molecule has 1 aliphatic rings. The average molecular weight is 358 g/mol. The van der Waals surface area contributed by atoms with Crippen LogP contribution >= 0.6 is 0 Å². The molecule has 136 valence electrons. The molecule has 0 fully saturated rings. The zero-order valence-corrected chi connectivity index (χ0v) is 15.5. The van der Waals surface area contributed by atoms with Crippen molar-refractivity contribution in [1.29, 1.82) is 5.41 Å². The van der Waals surface area contributed by atoms with Crippen molar-refractivity contribution in [2.75, 3.05) is 5.73 Å². The molecule has 0 atom stereocenters. The minimum absolute atomic E-state index is 0.0901. The summed E-state index contributed by atoms with van der Waals surface area (Å²) in [6, 6.07) is 12.1. The Balaban J connectivity index is 1.73. The lowest BCUT2D eigenvalue weighted by Crippen LogP contribution is -2.13. The predicted octanol–water partition coefficient (Wildman–Crippen LogP) is 3.23. The van der Waals surface area contributed by atoms with Gasteiger partial charge >= 0.3 is 0 Å². The third-order valence-corrected chi connectivity index (χ3v) is 5.13. The number of nitrogens with two attached hydrogens (primary N) is 2. The molecule has 1 aliphatic carbocycles. The second kappa shape index (κ2) is 6.39. The van der Waals surface area contributed by atoms with Crippen LogP contribution < -0.4 is 11.5 Å². The summed E-state index contributed by atoms with van der Waals surface area (Å²) in [7, 11) is 0. The molecule has 0 amide bonds. The molecule has 0 spiro atoms. The van der Waals surface area contributed by atoms with Gasteiger partial charge in [0, 0.05) is 16.7 Å². The summed E-state index contributed by atoms with van der Waals surface area (Å²) >= 11 is 0. The van der Waals surface area contributed by atoms with Gasteiger partial charge in [-0.3, -0.25) is 5.41 Å². The number of benzene rings is 2. The summed E-state index contributed by atoms with van der Waals surface area (Å²) in [5.41, 5.74) is 19.9. The molecule has 5 N–H and O–H groups in total. The Hall–Kier alpha value is -3.41. The maximum Gasteiger partial charge on any atom is 0.221 e. The van der Waals surface area contributed by atoms with Crippen molar-refractivity contribution in [1.82, 2.24) is 9.66 Å². The van der Waals surface area contributed by atoms with Gasteiger partial charge in [-0.25, -0.2) is 9.66 Å². The van der Waals surface area contributed by atoms with Gasteiger partial charge in [-0.05, 0) is 49.4 Å². The Morgan fingerprint density at radius 3 is 2.70 bits per heavy atom. The smallest absolute Gasteiger partial charge is 0.221 e. The molecule has 6 heteroatoms. The van der Waals surface area contributed by atoms with E-state index >= 15 is 0 Å². The number of nitrogens with one attached hydrogen (secondary N) is 1. The fourth-order valence-corrected chi connectivity index (χ4v) is 3.50. The average Bonchev–Trinajstić information content (AvgIpc) is 3.21. The Bertz CT molecular complexity index is 1090. The predicted molar refractivity (Wildman–Crippen MR) is 109 cm³/mol. The standard InChI is InChI=1S/C21H22N6/c1-12-6-7-14(10-13(12)2)19-11-27(21(24)25-19)26-18-9-8-15-16(18)4-3-5-17(15)20(22)23/h3-7,10-11H,8-9H2,1-2H3,(H3,22,23)(H2,24,25)/b26-18+. The van der Waals surface area contributed by atoms with Crippen molar-refractivity contribution in [3.63, 3.8) is 0 Å². The number of hydrogen-bond donors (Lipinski definition) is 3. The van der Waals surface area contributed by atoms with E-state index in [4.69, 9.17) is 22.0 Å². The summed E-state index contributed by atoms with van der Waals surface area (Å²) in [6.07, 6.45) is 3.47. The van der Waals surface area contributed by atoms with E-state index in [0.29, 0.717) is 5.95 Å². The fourth-order valence-electron chi connectivity index (χ4n) is 3.50. The number of aromatic nitrogens is 2. The van der Waals surface area contributed by atoms with Gasteiger partial charge in [-0.2, -0.15) is 5.10 Å². The third-order valence-electron chi connectivity index (χ3n) is 5.13. The molecule has 0 bridgehead atoms. The van der Waals surface area contributed by atoms with Crippen molar-refractivity contribution < 1.29 is 0 Å². The van der Waals surface area contributed by atoms with Gasteiger partial charge in [0.05, 0.1) is 17.6 Å². The van der Waals surface area contributed by atoms with Gasteiger partial charge in [-0.1, -0.05) is 30.3 Å². The molecule has 0 radical (unpaired) electrons. The van der Waals surface area contributed by atoms with Crippen molar-refractivity contribution in [2.45, 2.75) is 26.7 Å². The van der Waals surface area contributed by atoms with Crippen molar-refractivity contribution >= 4 is 17.5 Å². The highest BCUT2D eigenvalue weighted by Gasteiger charge is 2.22. The number of aryl methyl sites for hydroxylation is 2. The second-order valence-corrected chi connectivity index (χ2v) is 6.92. The topological polar surface area (TPSA) is 106 Å². The molecule has 4 rings (SSSR count). The zero-order chi connectivity index (χ0) is 19.1. The molecule has 0 aliphatic heterocycles. The van der Waals surface area contributed by atoms with Gasteiger partial charge in [0.1, 0.15) is 5.84 Å². The Labute approximate surface area is 158 Å². The molecule has 6 nitrogen and oxygen atoms in total. The van der Waals surface area contributed by atoms with E-state index in [0.717, 1.165) is 46.5 Å². The Kier molecular flexibility index (Phi) is 4.03. The summed E-state index contributed by atoms with van der Waals surface area (Å²) in [5.74, 6) is 0.444. The normalized spacial score (nSPS) is 14.5. The first-order valence-electron chi connectivity index (χ1n) is 8.91. The lowest BCUT2D eigenvalue weighted by atomic mass is 10.0. The highest BCUT2D eigenvalue weighted by Crippen LogP contribution is 2.27. The van der Waals surface area contributed by atoms with Gasteiger partial charge < -0.3 is 11.5 Å². The second-order valence-electron chi connectivity index (χ2n) is 6.92. The first kappa shape index (κ1) is 17.0. The minimum atomic E-state index is 0.0901. The van der Waals surface area contributed by atoms with Crippen LogP contribution in [0.15, 0.2) is 47.7 Å². The fraction of sp³-hybridized carbons (Fsp3) is 0.190. The first-order chi connectivity index (χ1) is 12.9. The molecule has 0 saturated carbocycles. The van der Waals surface area contributed by atoms with Crippen molar-refractivity contribution in [2.24, 2.45) is 10.8 Å². The molecule has 0 saturated heterocycles. The minimum Gasteiger partial charge on any atom is -0.384 e. The van der Waals surface area contributed by atoms with E-state index in [2.05, 4.69) is 31.0 Å². The summed E-state index contributed by atoms with van der Waals surface area (Å²) < 4.78 is 1.63. The van der Waals surface area contributed by atoms with E-state index in [1.807, 2.05) is 30.5 Å². The van der Waals surface area contributed by atoms with Crippen LogP contribution in [0.1, 0.15) is 34.2 Å². The number of rotatable bonds is 3. The maximum absolute atomic E-state index is 7.76. The quantitative estimate of drug-likeness (QED) is 0.494. The zero-order valence-electron chi connectivity index (χ0n) is 15.5. The Morgan fingerprint density at radius 2 is 1.96 bits per heavy atom. The number of amidine groups is 1. The van der Waals surface area contributed by atoms with E-state index in [-0.39, 0.29) is 5.84 Å². The molecule has 0 unspecified atom stereocenters. The van der Waals surface area contributed by atoms with E-state index in [1.165, 1.54) is 11.1 Å². The Morgan fingerprint density at radius 1 is 1.15 bits per heavy atom. The van der Waals surface area contributed by atoms with E-state index < -0.39 is 0 Å².